The number of furan rings is 1. The molecule has 0 atom stereocenters. The first-order valence-corrected chi connectivity index (χ1v) is 9.78. The molecule has 0 fully saturated rings. The number of pyridine rings is 1. The summed E-state index contributed by atoms with van der Waals surface area (Å²) in [4.78, 5) is 2.23. The third-order valence-corrected chi connectivity index (χ3v) is 5.80. The van der Waals surface area contributed by atoms with Gasteiger partial charge in [0.15, 0.2) is 11.8 Å². The number of fused-ring (bicyclic) bond motifs is 3. The lowest BCUT2D eigenvalue weighted by atomic mass is 9.49. The highest BCUT2D eigenvalue weighted by Gasteiger charge is 2.39. The number of aromatic nitrogens is 1. The zero-order valence-corrected chi connectivity index (χ0v) is 16.8. The summed E-state index contributed by atoms with van der Waals surface area (Å²) >= 11 is 0. The number of aryl methyl sites for hydroxylation is 2. The normalized spacial score (nSPS) is 15.6. The minimum atomic E-state index is -2.21. The molecule has 2 aromatic heterocycles. The van der Waals surface area contributed by atoms with Gasteiger partial charge in [-0.25, -0.2) is 4.57 Å². The lowest BCUT2D eigenvalue weighted by molar-refractivity contribution is -0.654. The van der Waals surface area contributed by atoms with Crippen molar-refractivity contribution in [3.8, 4) is 11.1 Å². The van der Waals surface area contributed by atoms with Crippen molar-refractivity contribution in [1.29, 1.82) is 0 Å². The molecule has 3 nitrogen and oxygen atoms in total. The fourth-order valence-corrected chi connectivity index (χ4v) is 4.46. The molecule has 0 unspecified atom stereocenters. The highest BCUT2D eigenvalue weighted by Crippen LogP contribution is 2.38. The van der Waals surface area contributed by atoms with Crippen molar-refractivity contribution < 1.29 is 13.1 Å². The van der Waals surface area contributed by atoms with Crippen LogP contribution in [0.5, 0.6) is 0 Å². The van der Waals surface area contributed by atoms with E-state index < -0.39 is 6.85 Å². The molecule has 3 heterocycles. The monoisotopic (exact) mass is 382 g/mol. The van der Waals surface area contributed by atoms with Crippen molar-refractivity contribution in [2.75, 3.05) is 11.9 Å². The predicted octanol–water partition coefficient (Wildman–Crippen LogP) is 4.52. The van der Waals surface area contributed by atoms with Crippen LogP contribution in [0.25, 0.3) is 28.2 Å². The van der Waals surface area contributed by atoms with Crippen molar-refractivity contribution in [1.82, 2.24) is 0 Å². The molecule has 0 N–H and O–H groups in total. The Labute approximate surface area is 176 Å². The summed E-state index contributed by atoms with van der Waals surface area (Å²) < 4.78 is 32.4. The van der Waals surface area contributed by atoms with Crippen LogP contribution in [0.2, 0.25) is 0 Å². The average Bonchev–Trinajstić information content (AvgIpc) is 3.12. The lowest BCUT2D eigenvalue weighted by Crippen LogP contribution is -2.62. The summed E-state index contributed by atoms with van der Waals surface area (Å²) in [6.07, 6.45) is 3.86. The zero-order valence-electron chi connectivity index (χ0n) is 19.8. The molecule has 0 radical (unpaired) electrons. The van der Waals surface area contributed by atoms with Crippen LogP contribution < -0.4 is 15.0 Å². The van der Waals surface area contributed by atoms with Crippen molar-refractivity contribution in [2.24, 2.45) is 7.05 Å². The molecule has 4 heteroatoms. The highest BCUT2D eigenvalue weighted by molar-refractivity contribution is 6.83. The molecule has 0 amide bonds. The molecular weight excluding hydrogens is 355 g/mol. The van der Waals surface area contributed by atoms with Crippen LogP contribution in [0.3, 0.4) is 0 Å². The molecule has 1 aliphatic heterocycles. The second-order valence-electron chi connectivity index (χ2n) is 7.72. The van der Waals surface area contributed by atoms with E-state index in [0.29, 0.717) is 5.56 Å². The van der Waals surface area contributed by atoms with Gasteiger partial charge in [0.05, 0.1) is 5.69 Å². The van der Waals surface area contributed by atoms with E-state index in [4.69, 9.17) is 8.53 Å². The number of para-hydroxylation sites is 1. The number of hydrogen-bond donors (Lipinski definition) is 0. The molecule has 4 aromatic rings. The van der Waals surface area contributed by atoms with E-state index in [1.54, 1.807) is 6.20 Å². The molecule has 29 heavy (non-hydrogen) atoms. The molecule has 0 spiro atoms. The van der Waals surface area contributed by atoms with Crippen LogP contribution in [0, 0.1) is 6.85 Å². The van der Waals surface area contributed by atoms with Gasteiger partial charge in [0, 0.05) is 21.1 Å². The largest absolute Gasteiger partial charge is 0.455 e. The fraction of sp³-hybridized carbons (Fsp3) is 0.160. The Hall–Kier alpha value is -3.27. The van der Waals surface area contributed by atoms with Gasteiger partial charge in [-0.1, -0.05) is 47.9 Å². The SMILES string of the molecule is [2H]C([2H])([2H])c1c[n+](C)c(B2C(C)=Cc3oc4ccccc4c3N2C)cc1-c1ccccc1. The van der Waals surface area contributed by atoms with Gasteiger partial charge >= 0.3 is 6.85 Å². The summed E-state index contributed by atoms with van der Waals surface area (Å²) in [5.74, 6) is 0.854. The zero-order chi connectivity index (χ0) is 22.6. The van der Waals surface area contributed by atoms with E-state index in [0.717, 1.165) is 44.6 Å². The van der Waals surface area contributed by atoms with E-state index in [1.165, 1.54) is 0 Å². The molecule has 0 aliphatic carbocycles. The number of benzene rings is 2. The first kappa shape index (κ1) is 14.7. The Morgan fingerprint density at radius 2 is 1.83 bits per heavy atom. The summed E-state index contributed by atoms with van der Waals surface area (Å²) in [6, 6.07) is 19.8. The summed E-state index contributed by atoms with van der Waals surface area (Å²) in [6.45, 7) is -0.169. The van der Waals surface area contributed by atoms with Gasteiger partial charge in [-0.15, -0.1) is 0 Å². The molecule has 0 saturated carbocycles. The lowest BCUT2D eigenvalue weighted by Gasteiger charge is -2.29. The predicted molar refractivity (Wildman–Crippen MR) is 121 cm³/mol. The van der Waals surface area contributed by atoms with E-state index >= 15 is 0 Å². The smallest absolute Gasteiger partial charge is 0.399 e. The first-order valence-electron chi connectivity index (χ1n) is 11.3. The number of anilines is 1. The van der Waals surface area contributed by atoms with Crippen LogP contribution in [0.1, 0.15) is 22.4 Å². The Morgan fingerprint density at radius 1 is 1.07 bits per heavy atom. The topological polar surface area (TPSA) is 20.3 Å². The third-order valence-electron chi connectivity index (χ3n) is 5.80. The third kappa shape index (κ3) is 2.79. The van der Waals surface area contributed by atoms with Crippen LogP contribution in [0.15, 0.2) is 76.8 Å². The fourth-order valence-electron chi connectivity index (χ4n) is 4.46. The van der Waals surface area contributed by atoms with Gasteiger partial charge in [-0.05, 0) is 50.2 Å². The van der Waals surface area contributed by atoms with E-state index in [2.05, 4.69) is 30.9 Å². The van der Waals surface area contributed by atoms with Crippen molar-refractivity contribution in [2.45, 2.75) is 13.8 Å². The Kier molecular flexibility index (Phi) is 3.38. The number of nitrogens with zero attached hydrogens (tertiary/aromatic N) is 2. The molecular formula is C25H24BN2O+. The standard InChI is InChI=1S/C25H24BN2O/c1-17-16-27(3)24(15-21(17)19-10-6-5-7-11-19)26-18(2)14-23-25(28(26)4)20-12-8-9-13-22(20)29-23/h5-16H,1-4H3/q+1/i1D3. The molecule has 1 aliphatic rings. The maximum Gasteiger partial charge on any atom is 0.399 e. The Morgan fingerprint density at radius 3 is 2.62 bits per heavy atom. The number of rotatable bonds is 2. The Balaban J connectivity index is 1.71. The van der Waals surface area contributed by atoms with Crippen LogP contribution in [-0.4, -0.2) is 13.9 Å². The van der Waals surface area contributed by atoms with Gasteiger partial charge in [0.1, 0.15) is 18.4 Å². The van der Waals surface area contributed by atoms with Gasteiger partial charge in [-0.3, -0.25) is 0 Å². The summed E-state index contributed by atoms with van der Waals surface area (Å²) in [5.41, 5.74) is 6.06. The molecule has 142 valence electrons. The molecule has 2 aromatic carbocycles. The maximum absolute atomic E-state index is 8.11. The minimum absolute atomic E-state index is 0.0541. The molecule has 5 rings (SSSR count). The second-order valence-corrected chi connectivity index (χ2v) is 7.72. The van der Waals surface area contributed by atoms with Crippen LogP contribution >= 0.6 is 0 Å². The summed E-state index contributed by atoms with van der Waals surface area (Å²) in [7, 11) is 3.99. The average molecular weight is 382 g/mol. The molecule has 0 saturated heterocycles. The minimum Gasteiger partial charge on any atom is -0.455 e. The van der Waals surface area contributed by atoms with E-state index in [-0.39, 0.29) is 6.85 Å². The van der Waals surface area contributed by atoms with Crippen molar-refractivity contribution in [3.05, 3.63) is 83.7 Å². The number of allylic oxidation sites excluding steroid dienone is 1. The molecule has 0 bridgehead atoms. The first-order chi connectivity index (χ1) is 15.3. The Bertz CT molecular complexity index is 1360. The number of hydrogen-bond acceptors (Lipinski definition) is 2. The second kappa shape index (κ2) is 6.66. The summed E-state index contributed by atoms with van der Waals surface area (Å²) in [5, 5.41) is 1.07. The van der Waals surface area contributed by atoms with Crippen molar-refractivity contribution in [3.63, 3.8) is 0 Å². The highest BCUT2D eigenvalue weighted by atomic mass is 16.3. The van der Waals surface area contributed by atoms with Gasteiger partial charge in [0.2, 0.25) is 0 Å². The van der Waals surface area contributed by atoms with Gasteiger partial charge < -0.3 is 9.23 Å². The van der Waals surface area contributed by atoms with Gasteiger partial charge in [0.25, 0.3) is 0 Å². The van der Waals surface area contributed by atoms with Gasteiger partial charge in [-0.2, -0.15) is 0 Å². The van der Waals surface area contributed by atoms with Crippen molar-refractivity contribution >= 4 is 35.2 Å². The van der Waals surface area contributed by atoms with Crippen LogP contribution in [0.4, 0.5) is 5.69 Å². The van der Waals surface area contributed by atoms with Crippen LogP contribution in [-0.2, 0) is 7.05 Å². The van der Waals surface area contributed by atoms with E-state index in [1.807, 2.05) is 66.2 Å². The van der Waals surface area contributed by atoms with E-state index in [9.17, 15) is 0 Å². The quantitative estimate of drug-likeness (QED) is 0.375. The maximum atomic E-state index is 8.11.